The summed E-state index contributed by atoms with van der Waals surface area (Å²) in [6.45, 7) is 0. The molecule has 0 saturated heterocycles. The molecule has 1 heteroatoms. The van der Waals surface area contributed by atoms with Crippen molar-refractivity contribution in [1.29, 1.82) is 0 Å². The molecule has 1 aliphatic carbocycles. The van der Waals surface area contributed by atoms with Crippen molar-refractivity contribution in [3.8, 4) is 11.1 Å². The molecular weight excluding hydrogens is 411 g/mol. The van der Waals surface area contributed by atoms with Crippen molar-refractivity contribution in [3.63, 3.8) is 0 Å². The number of hydrogen-bond acceptors (Lipinski definition) is 0. The largest absolute Gasteiger partial charge is 0.0844 e. The molecule has 0 heterocycles. The van der Waals surface area contributed by atoms with Gasteiger partial charge in [0.2, 0.25) is 0 Å². The maximum atomic E-state index is 2.18. The van der Waals surface area contributed by atoms with Gasteiger partial charge < -0.3 is 0 Å². The minimum atomic E-state index is 0. The number of allylic oxidation sites excluding steroid dienone is 4. The van der Waals surface area contributed by atoms with Crippen LogP contribution in [-0.2, 0) is 21.1 Å². The molecule has 0 aliphatic heterocycles. The molecule has 0 spiro atoms. The molecule has 0 amide bonds. The van der Waals surface area contributed by atoms with Gasteiger partial charge in [0.1, 0.15) is 0 Å². The summed E-state index contributed by atoms with van der Waals surface area (Å²) in [6, 6.07) is 20.8. The monoisotopic (exact) mass is 429 g/mol. The molecule has 2 aromatic rings. The second-order valence-corrected chi connectivity index (χ2v) is 4.15. The summed E-state index contributed by atoms with van der Waals surface area (Å²) in [6.07, 6.45) is 11.0. The van der Waals surface area contributed by atoms with Gasteiger partial charge in [0.15, 0.2) is 0 Å². The average molecular weight is 429 g/mol. The van der Waals surface area contributed by atoms with Crippen LogP contribution in [0.4, 0.5) is 0 Å². The molecule has 0 aromatic heterocycles. The summed E-state index contributed by atoms with van der Waals surface area (Å²) in [5.41, 5.74) is 2.55. The Morgan fingerprint density at radius 3 is 1.05 bits per heavy atom. The molecule has 0 bridgehead atoms. The Morgan fingerprint density at radius 2 is 0.789 bits per heavy atom. The van der Waals surface area contributed by atoms with Crippen LogP contribution in [0.2, 0.25) is 0 Å². The van der Waals surface area contributed by atoms with Gasteiger partial charge in [-0.05, 0) is 24.0 Å². The van der Waals surface area contributed by atoms with Crippen LogP contribution < -0.4 is 0 Å². The van der Waals surface area contributed by atoms with E-state index >= 15 is 0 Å². The predicted molar refractivity (Wildman–Crippen MR) is 79.4 cm³/mol. The Kier molecular flexibility index (Phi) is 7.85. The predicted octanol–water partition coefficient (Wildman–Crippen LogP) is 5.24. The zero-order valence-corrected chi connectivity index (χ0v) is 13.1. The normalized spacial score (nSPS) is 12.0. The van der Waals surface area contributed by atoms with Gasteiger partial charge in [-0.2, -0.15) is 0 Å². The van der Waals surface area contributed by atoms with Crippen LogP contribution in [0.15, 0.2) is 85.0 Å². The van der Waals surface area contributed by atoms with Gasteiger partial charge in [-0.15, -0.1) is 0 Å². The van der Waals surface area contributed by atoms with E-state index < -0.39 is 0 Å². The fourth-order valence-corrected chi connectivity index (χ4v) is 1.80. The second-order valence-electron chi connectivity index (χ2n) is 4.15. The smallest absolute Gasteiger partial charge is 0 e. The standard InChI is InChI=1S/C12H10.C6H8.Pt/c1-3-7-11(8-4-1)12-9-5-2-6-10-12;1-2-4-6-5-3-1;/h1-10H;1-2,5-6H,3-4H2;. The van der Waals surface area contributed by atoms with Crippen LogP contribution in [0, 0.1) is 0 Å². The van der Waals surface area contributed by atoms with E-state index in [1.54, 1.807) is 0 Å². The summed E-state index contributed by atoms with van der Waals surface area (Å²) in [4.78, 5) is 0. The van der Waals surface area contributed by atoms with Crippen molar-refractivity contribution in [1.82, 2.24) is 0 Å². The minimum Gasteiger partial charge on any atom is -0.0844 e. The number of rotatable bonds is 1. The molecule has 0 unspecified atom stereocenters. The molecule has 0 atom stereocenters. The minimum absolute atomic E-state index is 0. The molecule has 0 fully saturated rings. The van der Waals surface area contributed by atoms with Gasteiger partial charge in [-0.1, -0.05) is 85.0 Å². The Balaban J connectivity index is 0.000000220. The Morgan fingerprint density at radius 1 is 0.474 bits per heavy atom. The van der Waals surface area contributed by atoms with Crippen molar-refractivity contribution in [3.05, 3.63) is 85.0 Å². The van der Waals surface area contributed by atoms with Crippen molar-refractivity contribution >= 4 is 0 Å². The summed E-state index contributed by atoms with van der Waals surface area (Å²) >= 11 is 0. The van der Waals surface area contributed by atoms with Crippen molar-refractivity contribution < 1.29 is 21.1 Å². The second kappa shape index (κ2) is 9.53. The Labute approximate surface area is 130 Å². The summed E-state index contributed by atoms with van der Waals surface area (Å²) < 4.78 is 0. The van der Waals surface area contributed by atoms with Gasteiger partial charge in [0, 0.05) is 21.1 Å². The van der Waals surface area contributed by atoms with Crippen LogP contribution >= 0.6 is 0 Å². The van der Waals surface area contributed by atoms with Crippen LogP contribution in [0.5, 0.6) is 0 Å². The topological polar surface area (TPSA) is 0 Å². The third-order valence-corrected chi connectivity index (χ3v) is 2.76. The zero-order chi connectivity index (χ0) is 12.5. The van der Waals surface area contributed by atoms with Crippen molar-refractivity contribution in [2.45, 2.75) is 12.8 Å². The average Bonchev–Trinajstić information content (AvgIpc) is 2.51. The van der Waals surface area contributed by atoms with E-state index in [1.165, 1.54) is 11.1 Å². The van der Waals surface area contributed by atoms with Gasteiger partial charge >= 0.3 is 0 Å². The maximum absolute atomic E-state index is 2.18. The molecule has 0 nitrogen and oxygen atoms in total. The van der Waals surface area contributed by atoms with Crippen molar-refractivity contribution in [2.75, 3.05) is 0 Å². The number of hydrogen-bond donors (Lipinski definition) is 0. The zero-order valence-electron chi connectivity index (χ0n) is 10.8. The van der Waals surface area contributed by atoms with Crippen LogP contribution in [0.3, 0.4) is 0 Å². The van der Waals surface area contributed by atoms with Gasteiger partial charge in [0.25, 0.3) is 0 Å². The first kappa shape index (κ1) is 15.7. The molecular formula is C18H18Pt. The van der Waals surface area contributed by atoms with E-state index in [-0.39, 0.29) is 21.1 Å². The van der Waals surface area contributed by atoms with Gasteiger partial charge in [-0.3, -0.25) is 0 Å². The SMILES string of the molecule is C1=CCC=CC1.[Pt].c1ccc(-c2ccccc2)cc1. The summed E-state index contributed by atoms with van der Waals surface area (Å²) in [5.74, 6) is 0. The fraction of sp³-hybridized carbons (Fsp3) is 0.111. The third-order valence-electron chi connectivity index (χ3n) is 2.76. The molecule has 1 aliphatic rings. The van der Waals surface area contributed by atoms with Gasteiger partial charge in [0.05, 0.1) is 0 Å². The number of benzene rings is 2. The molecule has 2 aromatic carbocycles. The van der Waals surface area contributed by atoms with Crippen LogP contribution in [0.1, 0.15) is 12.8 Å². The third kappa shape index (κ3) is 5.85. The first-order valence-electron chi connectivity index (χ1n) is 6.37. The molecule has 0 radical (unpaired) electrons. The van der Waals surface area contributed by atoms with E-state index in [0.29, 0.717) is 0 Å². The van der Waals surface area contributed by atoms with E-state index in [0.717, 1.165) is 12.8 Å². The molecule has 19 heavy (non-hydrogen) atoms. The van der Waals surface area contributed by atoms with Crippen LogP contribution in [-0.4, -0.2) is 0 Å². The summed E-state index contributed by atoms with van der Waals surface area (Å²) in [7, 11) is 0. The molecule has 3 rings (SSSR count). The van der Waals surface area contributed by atoms with E-state index in [9.17, 15) is 0 Å². The Hall–Kier alpha value is -1.39. The van der Waals surface area contributed by atoms with Crippen molar-refractivity contribution in [2.24, 2.45) is 0 Å². The molecule has 0 N–H and O–H groups in total. The van der Waals surface area contributed by atoms with E-state index in [1.807, 2.05) is 12.1 Å². The first-order valence-corrected chi connectivity index (χ1v) is 6.37. The maximum Gasteiger partial charge on any atom is 0 e. The van der Waals surface area contributed by atoms with Crippen LogP contribution in [0.25, 0.3) is 11.1 Å². The first-order chi connectivity index (χ1) is 8.97. The van der Waals surface area contributed by atoms with Gasteiger partial charge in [-0.25, -0.2) is 0 Å². The van der Waals surface area contributed by atoms with E-state index in [4.69, 9.17) is 0 Å². The quantitative estimate of drug-likeness (QED) is 0.544. The Bertz CT molecular complexity index is 440. The molecule has 0 saturated carbocycles. The van der Waals surface area contributed by atoms with E-state index in [2.05, 4.69) is 72.8 Å². The molecule has 100 valence electrons. The fourth-order valence-electron chi connectivity index (χ4n) is 1.80. The summed E-state index contributed by atoms with van der Waals surface area (Å²) in [5, 5.41) is 0.